The van der Waals surface area contributed by atoms with Crippen LogP contribution in [0.1, 0.15) is 26.7 Å². The molecule has 0 aromatic heterocycles. The number of hydrogen-bond acceptors (Lipinski definition) is 2. The fraction of sp³-hybridized carbons (Fsp3) is 0.778. The summed E-state index contributed by atoms with van der Waals surface area (Å²) in [5, 5.41) is 13.9. The van der Waals surface area contributed by atoms with Crippen molar-refractivity contribution in [2.24, 2.45) is 5.92 Å². The van der Waals surface area contributed by atoms with Crippen molar-refractivity contribution >= 4 is 12.0 Å². The minimum Gasteiger partial charge on any atom is -0.480 e. The lowest BCUT2D eigenvalue weighted by molar-refractivity contribution is -0.139. The lowest BCUT2D eigenvalue weighted by Crippen LogP contribution is -2.57. The number of aliphatic carboxylic acids is 1. The zero-order valence-corrected chi connectivity index (χ0v) is 8.41. The van der Waals surface area contributed by atoms with E-state index in [2.05, 4.69) is 10.6 Å². The van der Waals surface area contributed by atoms with Gasteiger partial charge in [-0.1, -0.05) is 13.8 Å². The predicted octanol–water partition coefficient (Wildman–Crippen LogP) is 0.557. The number of carboxylic acids is 1. The molecule has 0 aliphatic carbocycles. The maximum Gasteiger partial charge on any atom is 0.326 e. The average Bonchev–Trinajstić information content (AvgIpc) is 2.01. The molecule has 80 valence electrons. The summed E-state index contributed by atoms with van der Waals surface area (Å²) in [7, 11) is 0. The minimum atomic E-state index is -0.964. The predicted molar refractivity (Wildman–Crippen MR) is 51.0 cm³/mol. The SMILES string of the molecule is CC(C)CC1CC(C(=O)O)NC(=O)N1. The number of amides is 2. The van der Waals surface area contributed by atoms with E-state index >= 15 is 0 Å². The maximum atomic E-state index is 11.1. The van der Waals surface area contributed by atoms with E-state index in [0.29, 0.717) is 12.3 Å². The molecule has 2 unspecified atom stereocenters. The molecule has 0 saturated carbocycles. The molecule has 1 aliphatic rings. The van der Waals surface area contributed by atoms with Crippen LogP contribution >= 0.6 is 0 Å². The van der Waals surface area contributed by atoms with E-state index in [9.17, 15) is 9.59 Å². The molecule has 0 aromatic carbocycles. The number of hydrogen-bond donors (Lipinski definition) is 3. The number of carboxylic acid groups (broad SMARTS) is 1. The molecular weight excluding hydrogens is 184 g/mol. The van der Waals surface area contributed by atoms with E-state index in [1.807, 2.05) is 13.8 Å². The fourth-order valence-electron chi connectivity index (χ4n) is 1.67. The standard InChI is InChI=1S/C9H16N2O3/c1-5(2)3-6-4-7(8(12)13)11-9(14)10-6/h5-7H,3-4H2,1-2H3,(H,12,13)(H2,10,11,14). The summed E-state index contributed by atoms with van der Waals surface area (Å²) in [6, 6.07) is -1.15. The molecule has 1 rings (SSSR count). The summed E-state index contributed by atoms with van der Waals surface area (Å²) in [6.07, 6.45) is 1.27. The van der Waals surface area contributed by atoms with Crippen molar-refractivity contribution in [2.75, 3.05) is 0 Å². The van der Waals surface area contributed by atoms with Crippen molar-refractivity contribution < 1.29 is 14.7 Å². The van der Waals surface area contributed by atoms with Crippen molar-refractivity contribution in [3.05, 3.63) is 0 Å². The van der Waals surface area contributed by atoms with E-state index in [1.54, 1.807) is 0 Å². The lowest BCUT2D eigenvalue weighted by atomic mass is 9.96. The molecular formula is C9H16N2O3. The first-order chi connectivity index (χ1) is 6.49. The summed E-state index contributed by atoms with van der Waals surface area (Å²) in [6.45, 7) is 4.09. The van der Waals surface area contributed by atoms with Crippen LogP contribution in [0.5, 0.6) is 0 Å². The van der Waals surface area contributed by atoms with Crippen molar-refractivity contribution in [2.45, 2.75) is 38.8 Å². The molecule has 14 heavy (non-hydrogen) atoms. The Morgan fingerprint density at radius 3 is 2.71 bits per heavy atom. The number of urea groups is 1. The van der Waals surface area contributed by atoms with Gasteiger partial charge in [0, 0.05) is 6.04 Å². The van der Waals surface area contributed by atoms with Gasteiger partial charge in [0.15, 0.2) is 0 Å². The van der Waals surface area contributed by atoms with Crippen molar-refractivity contribution in [1.82, 2.24) is 10.6 Å². The van der Waals surface area contributed by atoms with Crippen LogP contribution < -0.4 is 10.6 Å². The summed E-state index contributed by atoms with van der Waals surface area (Å²) in [4.78, 5) is 21.8. The van der Waals surface area contributed by atoms with E-state index in [4.69, 9.17) is 5.11 Å². The molecule has 2 amide bonds. The highest BCUT2D eigenvalue weighted by atomic mass is 16.4. The van der Waals surface area contributed by atoms with Crippen LogP contribution in [-0.2, 0) is 4.79 Å². The van der Waals surface area contributed by atoms with Crippen LogP contribution in [0, 0.1) is 5.92 Å². The molecule has 0 aromatic rings. The monoisotopic (exact) mass is 200 g/mol. The van der Waals surface area contributed by atoms with Gasteiger partial charge in [-0.2, -0.15) is 0 Å². The lowest BCUT2D eigenvalue weighted by Gasteiger charge is -2.29. The van der Waals surface area contributed by atoms with Gasteiger partial charge in [0.25, 0.3) is 0 Å². The summed E-state index contributed by atoms with van der Waals surface area (Å²) in [5.74, 6) is -0.513. The Hall–Kier alpha value is -1.26. The molecule has 0 spiro atoms. The molecule has 3 N–H and O–H groups in total. The van der Waals surface area contributed by atoms with Gasteiger partial charge in [-0.25, -0.2) is 9.59 Å². The van der Waals surface area contributed by atoms with Gasteiger partial charge < -0.3 is 15.7 Å². The number of rotatable bonds is 3. The second kappa shape index (κ2) is 4.30. The maximum absolute atomic E-state index is 11.1. The molecule has 0 bridgehead atoms. The smallest absolute Gasteiger partial charge is 0.326 e. The molecule has 1 saturated heterocycles. The van der Waals surface area contributed by atoms with Crippen LogP contribution in [0.2, 0.25) is 0 Å². The second-order valence-corrected chi connectivity index (χ2v) is 4.07. The Balaban J connectivity index is 2.54. The van der Waals surface area contributed by atoms with Gasteiger partial charge in [-0.3, -0.25) is 0 Å². The van der Waals surface area contributed by atoms with Crippen LogP contribution in [0.3, 0.4) is 0 Å². The van der Waals surface area contributed by atoms with Crippen LogP contribution in [0.25, 0.3) is 0 Å². The Morgan fingerprint density at radius 1 is 1.57 bits per heavy atom. The highest BCUT2D eigenvalue weighted by molar-refractivity contribution is 5.84. The third-order valence-electron chi connectivity index (χ3n) is 2.21. The zero-order chi connectivity index (χ0) is 10.7. The second-order valence-electron chi connectivity index (χ2n) is 4.07. The Kier molecular flexibility index (Phi) is 3.33. The molecule has 1 fully saturated rings. The van der Waals surface area contributed by atoms with Crippen molar-refractivity contribution in [3.8, 4) is 0 Å². The van der Waals surface area contributed by atoms with Gasteiger partial charge in [0.05, 0.1) is 0 Å². The molecule has 0 radical (unpaired) electrons. The fourth-order valence-corrected chi connectivity index (χ4v) is 1.67. The van der Waals surface area contributed by atoms with Gasteiger partial charge in [0.2, 0.25) is 0 Å². The largest absolute Gasteiger partial charge is 0.480 e. The van der Waals surface area contributed by atoms with Gasteiger partial charge in [-0.05, 0) is 18.8 Å². The number of carbonyl (C=O) groups excluding carboxylic acids is 1. The molecule has 1 aliphatic heterocycles. The van der Waals surface area contributed by atoms with E-state index in [0.717, 1.165) is 6.42 Å². The number of carbonyl (C=O) groups is 2. The Bertz CT molecular complexity index is 240. The zero-order valence-electron chi connectivity index (χ0n) is 8.41. The van der Waals surface area contributed by atoms with E-state index in [-0.39, 0.29) is 12.1 Å². The van der Waals surface area contributed by atoms with Gasteiger partial charge in [-0.15, -0.1) is 0 Å². The van der Waals surface area contributed by atoms with Crippen molar-refractivity contribution in [3.63, 3.8) is 0 Å². The molecule has 5 heteroatoms. The normalized spacial score (nSPS) is 26.9. The molecule has 5 nitrogen and oxygen atoms in total. The minimum absolute atomic E-state index is 0.0233. The summed E-state index contributed by atoms with van der Waals surface area (Å²) >= 11 is 0. The van der Waals surface area contributed by atoms with Crippen LogP contribution in [-0.4, -0.2) is 29.2 Å². The number of nitrogens with one attached hydrogen (secondary N) is 2. The third kappa shape index (κ3) is 2.90. The van der Waals surface area contributed by atoms with Gasteiger partial charge >= 0.3 is 12.0 Å². The average molecular weight is 200 g/mol. The van der Waals surface area contributed by atoms with E-state index < -0.39 is 12.0 Å². The summed E-state index contributed by atoms with van der Waals surface area (Å²) < 4.78 is 0. The Labute approximate surface area is 82.9 Å². The van der Waals surface area contributed by atoms with Crippen LogP contribution in [0.4, 0.5) is 4.79 Å². The first kappa shape index (κ1) is 10.8. The summed E-state index contributed by atoms with van der Waals surface area (Å²) in [5.41, 5.74) is 0. The van der Waals surface area contributed by atoms with Gasteiger partial charge in [0.1, 0.15) is 6.04 Å². The quantitative estimate of drug-likeness (QED) is 0.622. The first-order valence-corrected chi connectivity index (χ1v) is 4.79. The Morgan fingerprint density at radius 2 is 2.21 bits per heavy atom. The highest BCUT2D eigenvalue weighted by Gasteiger charge is 2.30. The van der Waals surface area contributed by atoms with E-state index in [1.165, 1.54) is 0 Å². The molecule has 2 atom stereocenters. The highest BCUT2D eigenvalue weighted by Crippen LogP contribution is 2.13. The van der Waals surface area contributed by atoms with Crippen molar-refractivity contribution in [1.29, 1.82) is 0 Å². The topological polar surface area (TPSA) is 78.4 Å². The molecule has 1 heterocycles. The van der Waals surface area contributed by atoms with Crippen LogP contribution in [0.15, 0.2) is 0 Å². The first-order valence-electron chi connectivity index (χ1n) is 4.79. The third-order valence-corrected chi connectivity index (χ3v) is 2.21.